The van der Waals surface area contributed by atoms with Gasteiger partial charge in [-0.05, 0) is 19.8 Å². The van der Waals surface area contributed by atoms with Crippen LogP contribution in [-0.2, 0) is 4.79 Å². The highest BCUT2D eigenvalue weighted by atomic mass is 19.3. The van der Waals surface area contributed by atoms with E-state index in [9.17, 15) is 13.6 Å². The van der Waals surface area contributed by atoms with Crippen LogP contribution in [0.2, 0.25) is 0 Å². The van der Waals surface area contributed by atoms with Gasteiger partial charge in [0.1, 0.15) is 5.82 Å². The number of aromatic nitrogens is 2. The average Bonchev–Trinajstić information content (AvgIpc) is 2.55. The largest absolute Gasteiger partial charge is 0.354 e. The first kappa shape index (κ1) is 16.1. The van der Waals surface area contributed by atoms with E-state index in [0.29, 0.717) is 6.54 Å². The van der Waals surface area contributed by atoms with E-state index in [1.807, 2.05) is 6.92 Å². The molecule has 0 spiro atoms. The number of anilines is 1. The van der Waals surface area contributed by atoms with Crippen molar-refractivity contribution in [2.24, 2.45) is 5.92 Å². The third-order valence-electron chi connectivity index (χ3n) is 4.73. The molecule has 0 N–H and O–H groups in total. The molecule has 0 aliphatic carbocycles. The lowest BCUT2D eigenvalue weighted by Gasteiger charge is -2.38. The number of carbonyl (C=O) groups excluding carboxylic acids is 1. The number of likely N-dealkylation sites (tertiary alicyclic amines) is 1. The van der Waals surface area contributed by atoms with E-state index in [1.54, 1.807) is 17.3 Å². The quantitative estimate of drug-likeness (QED) is 0.837. The van der Waals surface area contributed by atoms with Crippen molar-refractivity contribution in [3.8, 4) is 0 Å². The van der Waals surface area contributed by atoms with Crippen LogP contribution in [0.25, 0.3) is 0 Å². The van der Waals surface area contributed by atoms with Gasteiger partial charge in [0.15, 0.2) is 0 Å². The number of amides is 1. The summed E-state index contributed by atoms with van der Waals surface area (Å²) < 4.78 is 26.5. The van der Waals surface area contributed by atoms with E-state index in [2.05, 4.69) is 14.9 Å². The molecule has 1 aromatic heterocycles. The van der Waals surface area contributed by atoms with E-state index >= 15 is 0 Å². The van der Waals surface area contributed by atoms with Gasteiger partial charge in [0.05, 0.1) is 11.6 Å². The second-order valence-electron chi connectivity index (χ2n) is 6.43. The summed E-state index contributed by atoms with van der Waals surface area (Å²) in [5, 5.41) is 0. The molecule has 1 unspecified atom stereocenters. The zero-order valence-electron chi connectivity index (χ0n) is 13.3. The maximum Gasteiger partial charge on any atom is 0.251 e. The molecule has 1 atom stereocenters. The van der Waals surface area contributed by atoms with E-state index in [-0.39, 0.29) is 37.8 Å². The Morgan fingerprint density at radius 1 is 1.22 bits per heavy atom. The highest BCUT2D eigenvalue weighted by molar-refractivity contribution is 5.80. The fourth-order valence-corrected chi connectivity index (χ4v) is 3.39. The first-order valence-corrected chi connectivity index (χ1v) is 8.15. The van der Waals surface area contributed by atoms with Gasteiger partial charge in [-0.15, -0.1) is 0 Å². The maximum atomic E-state index is 13.2. The van der Waals surface area contributed by atoms with E-state index < -0.39 is 5.92 Å². The van der Waals surface area contributed by atoms with Gasteiger partial charge in [0.25, 0.3) is 5.92 Å². The fourth-order valence-electron chi connectivity index (χ4n) is 3.39. The number of piperidine rings is 2. The van der Waals surface area contributed by atoms with Crippen LogP contribution in [0.4, 0.5) is 14.6 Å². The predicted octanol–water partition coefficient (Wildman–Crippen LogP) is 2.26. The van der Waals surface area contributed by atoms with Crippen molar-refractivity contribution in [2.45, 2.75) is 38.5 Å². The number of nitrogens with zero attached hydrogens (tertiary/aromatic N) is 4. The number of hydrogen-bond donors (Lipinski definition) is 0. The molecular formula is C16H22F2N4O. The SMILES string of the molecule is Cc1nccnc1N1CCCC(C(=O)N2CCC(F)(F)CC2)C1. The molecule has 2 saturated heterocycles. The molecule has 23 heavy (non-hydrogen) atoms. The van der Waals surface area contributed by atoms with Gasteiger partial charge >= 0.3 is 0 Å². The van der Waals surface area contributed by atoms with E-state index in [1.165, 1.54) is 0 Å². The van der Waals surface area contributed by atoms with E-state index in [0.717, 1.165) is 30.9 Å². The van der Waals surface area contributed by atoms with Gasteiger partial charge in [0.2, 0.25) is 5.91 Å². The summed E-state index contributed by atoms with van der Waals surface area (Å²) in [4.78, 5) is 25.0. The predicted molar refractivity (Wildman–Crippen MR) is 82.5 cm³/mol. The molecule has 1 amide bonds. The monoisotopic (exact) mass is 324 g/mol. The molecular weight excluding hydrogens is 302 g/mol. The minimum absolute atomic E-state index is 0.00624. The first-order valence-electron chi connectivity index (χ1n) is 8.15. The van der Waals surface area contributed by atoms with Crippen molar-refractivity contribution in [2.75, 3.05) is 31.1 Å². The van der Waals surface area contributed by atoms with Crippen molar-refractivity contribution in [1.82, 2.24) is 14.9 Å². The zero-order valence-corrected chi connectivity index (χ0v) is 13.3. The minimum atomic E-state index is -2.62. The summed E-state index contributed by atoms with van der Waals surface area (Å²) >= 11 is 0. The second-order valence-corrected chi connectivity index (χ2v) is 6.43. The van der Waals surface area contributed by atoms with Gasteiger partial charge in [-0.1, -0.05) is 0 Å². The minimum Gasteiger partial charge on any atom is -0.354 e. The normalized spacial score (nSPS) is 24.6. The van der Waals surface area contributed by atoms with Crippen molar-refractivity contribution in [3.63, 3.8) is 0 Å². The van der Waals surface area contributed by atoms with Crippen LogP contribution in [0.1, 0.15) is 31.4 Å². The molecule has 3 heterocycles. The Bertz CT molecular complexity index is 571. The molecule has 5 nitrogen and oxygen atoms in total. The highest BCUT2D eigenvalue weighted by Crippen LogP contribution is 2.30. The third kappa shape index (κ3) is 3.59. The number of alkyl halides is 2. The van der Waals surface area contributed by atoms with Gasteiger partial charge < -0.3 is 9.80 Å². The number of carbonyl (C=O) groups is 1. The summed E-state index contributed by atoms with van der Waals surface area (Å²) in [6, 6.07) is 0. The third-order valence-corrected chi connectivity index (χ3v) is 4.73. The van der Waals surface area contributed by atoms with Gasteiger partial charge in [-0.25, -0.2) is 13.8 Å². The molecule has 2 fully saturated rings. The molecule has 0 saturated carbocycles. The molecule has 0 aromatic carbocycles. The van der Waals surface area contributed by atoms with Crippen LogP contribution in [0, 0.1) is 12.8 Å². The van der Waals surface area contributed by atoms with E-state index in [4.69, 9.17) is 0 Å². The van der Waals surface area contributed by atoms with Crippen LogP contribution in [0.5, 0.6) is 0 Å². The number of halogens is 2. The Labute approximate surface area is 134 Å². The Balaban J connectivity index is 1.65. The Hall–Kier alpha value is -1.79. The van der Waals surface area contributed by atoms with Crippen molar-refractivity contribution >= 4 is 11.7 Å². The average molecular weight is 324 g/mol. The van der Waals surface area contributed by atoms with Crippen LogP contribution in [0.3, 0.4) is 0 Å². The summed E-state index contributed by atoms with van der Waals surface area (Å²) in [5.41, 5.74) is 0.846. The van der Waals surface area contributed by atoms with Crippen LogP contribution < -0.4 is 4.90 Å². The molecule has 2 aliphatic rings. The summed E-state index contributed by atoms with van der Waals surface area (Å²) in [5.74, 6) is -1.94. The molecule has 0 bridgehead atoms. The van der Waals surface area contributed by atoms with Gasteiger partial charge in [-0.2, -0.15) is 0 Å². The Morgan fingerprint density at radius 2 is 1.91 bits per heavy atom. The summed E-state index contributed by atoms with van der Waals surface area (Å²) in [6.45, 7) is 3.66. The van der Waals surface area contributed by atoms with Crippen LogP contribution in [-0.4, -0.2) is 52.9 Å². The smallest absolute Gasteiger partial charge is 0.251 e. The number of rotatable bonds is 2. The molecule has 3 rings (SSSR count). The van der Waals surface area contributed by atoms with Crippen molar-refractivity contribution in [1.29, 1.82) is 0 Å². The highest BCUT2D eigenvalue weighted by Gasteiger charge is 2.38. The van der Waals surface area contributed by atoms with Gasteiger partial charge in [-0.3, -0.25) is 9.78 Å². The molecule has 1 aromatic rings. The fraction of sp³-hybridized carbons (Fsp3) is 0.688. The first-order chi connectivity index (χ1) is 11.0. The molecule has 2 aliphatic heterocycles. The lowest BCUT2D eigenvalue weighted by Crippen LogP contribution is -2.49. The summed E-state index contributed by atoms with van der Waals surface area (Å²) in [6.07, 6.45) is 4.56. The Kier molecular flexibility index (Phi) is 4.46. The van der Waals surface area contributed by atoms with Crippen LogP contribution in [0.15, 0.2) is 12.4 Å². The molecule has 0 radical (unpaired) electrons. The number of aryl methyl sites for hydroxylation is 1. The molecule has 126 valence electrons. The molecule has 7 heteroatoms. The number of hydrogen-bond acceptors (Lipinski definition) is 4. The Morgan fingerprint density at radius 3 is 2.61 bits per heavy atom. The van der Waals surface area contributed by atoms with Crippen LogP contribution >= 0.6 is 0 Å². The second kappa shape index (κ2) is 6.37. The topological polar surface area (TPSA) is 49.3 Å². The zero-order chi connectivity index (χ0) is 16.4. The van der Waals surface area contributed by atoms with Crippen molar-refractivity contribution in [3.05, 3.63) is 18.1 Å². The van der Waals surface area contributed by atoms with Gasteiger partial charge in [0, 0.05) is 51.4 Å². The maximum absolute atomic E-state index is 13.2. The lowest BCUT2D eigenvalue weighted by molar-refractivity contribution is -0.141. The van der Waals surface area contributed by atoms with Crippen molar-refractivity contribution < 1.29 is 13.6 Å². The summed E-state index contributed by atoms with van der Waals surface area (Å²) in [7, 11) is 0. The standard InChI is InChI=1S/C16H22F2N4O/c1-12-14(20-7-6-19-12)22-8-2-3-13(11-22)15(23)21-9-4-16(17,18)5-10-21/h6-7,13H,2-5,8-11H2,1H3. The lowest BCUT2D eigenvalue weighted by atomic mass is 9.95.